The van der Waals surface area contributed by atoms with E-state index in [1.54, 1.807) is 24.3 Å². The third-order valence-electron chi connectivity index (χ3n) is 4.17. The van der Waals surface area contributed by atoms with Crippen LogP contribution in [0.3, 0.4) is 0 Å². The Balaban J connectivity index is 1.89. The van der Waals surface area contributed by atoms with Crippen LogP contribution in [0.25, 0.3) is 0 Å². The average molecular weight is 383 g/mol. The Labute approximate surface area is 167 Å². The van der Waals surface area contributed by atoms with Gasteiger partial charge in [-0.25, -0.2) is 0 Å². The van der Waals surface area contributed by atoms with Gasteiger partial charge in [-0.05, 0) is 47.2 Å². The number of ether oxygens (including phenoxy) is 1. The highest BCUT2D eigenvalue weighted by Gasteiger charge is 2.13. The van der Waals surface area contributed by atoms with E-state index in [1.165, 1.54) is 5.56 Å². The van der Waals surface area contributed by atoms with Crippen LogP contribution in [-0.4, -0.2) is 25.0 Å². The second-order valence-corrected chi connectivity index (χ2v) is 8.30. The maximum absolute atomic E-state index is 12.2. The summed E-state index contributed by atoms with van der Waals surface area (Å²) in [6, 6.07) is 14.6. The summed E-state index contributed by atoms with van der Waals surface area (Å²) in [5.74, 6) is 0.589. The van der Waals surface area contributed by atoms with E-state index in [-0.39, 0.29) is 23.8 Å². The first kappa shape index (κ1) is 21.5. The van der Waals surface area contributed by atoms with Gasteiger partial charge in [-0.2, -0.15) is 0 Å². The summed E-state index contributed by atoms with van der Waals surface area (Å²) >= 11 is 0. The molecule has 0 heterocycles. The number of carbonyl (C=O) groups excluding carboxylic acids is 2. The number of rotatable bonds is 7. The zero-order valence-corrected chi connectivity index (χ0v) is 17.3. The van der Waals surface area contributed by atoms with Gasteiger partial charge in [0.15, 0.2) is 6.61 Å². The number of hydrogen-bond acceptors (Lipinski definition) is 3. The molecule has 5 heteroatoms. The molecule has 5 nitrogen and oxygen atoms in total. The summed E-state index contributed by atoms with van der Waals surface area (Å²) in [4.78, 5) is 24.3. The molecule has 2 N–H and O–H groups in total. The highest BCUT2D eigenvalue weighted by atomic mass is 16.5. The molecule has 2 amide bonds. The van der Waals surface area contributed by atoms with Crippen molar-refractivity contribution >= 4 is 17.5 Å². The summed E-state index contributed by atoms with van der Waals surface area (Å²) < 4.78 is 5.56. The fourth-order valence-electron chi connectivity index (χ4n) is 2.53. The van der Waals surface area contributed by atoms with Crippen LogP contribution in [0.5, 0.6) is 5.75 Å². The van der Waals surface area contributed by atoms with Crippen molar-refractivity contribution in [2.45, 2.75) is 40.0 Å². The molecule has 2 rings (SSSR count). The van der Waals surface area contributed by atoms with Crippen molar-refractivity contribution in [3.05, 3.63) is 59.7 Å². The Kier molecular flexibility index (Phi) is 7.21. The topological polar surface area (TPSA) is 67.4 Å². The molecular formula is C23H30N2O3. The standard InChI is InChI=1S/C23H30N2O3/c1-16(2)14-24-22(27)17-7-6-8-19(13-17)25-21(26)15-28-20-11-9-18(10-12-20)23(3,4)5/h6-13,16H,14-15H2,1-5H3,(H,24,27)(H,25,26). The molecule has 0 spiro atoms. The van der Waals surface area contributed by atoms with Crippen LogP contribution < -0.4 is 15.4 Å². The van der Waals surface area contributed by atoms with Crippen molar-refractivity contribution in [3.63, 3.8) is 0 Å². The molecule has 28 heavy (non-hydrogen) atoms. The molecule has 2 aromatic carbocycles. The SMILES string of the molecule is CC(C)CNC(=O)c1cccc(NC(=O)COc2ccc(C(C)(C)C)cc2)c1. The van der Waals surface area contributed by atoms with Crippen LogP contribution in [0.2, 0.25) is 0 Å². The minimum Gasteiger partial charge on any atom is -0.484 e. The predicted molar refractivity (Wildman–Crippen MR) is 113 cm³/mol. The van der Waals surface area contributed by atoms with Crippen molar-refractivity contribution in [2.24, 2.45) is 5.92 Å². The van der Waals surface area contributed by atoms with Gasteiger partial charge in [-0.1, -0.05) is 52.8 Å². The van der Waals surface area contributed by atoms with E-state index in [4.69, 9.17) is 4.74 Å². The third kappa shape index (κ3) is 6.72. The zero-order chi connectivity index (χ0) is 20.7. The second kappa shape index (κ2) is 9.40. The van der Waals surface area contributed by atoms with Gasteiger partial charge in [0.1, 0.15) is 5.75 Å². The number of hydrogen-bond donors (Lipinski definition) is 2. The molecule has 0 atom stereocenters. The van der Waals surface area contributed by atoms with Gasteiger partial charge in [-0.3, -0.25) is 9.59 Å². The van der Waals surface area contributed by atoms with Gasteiger partial charge < -0.3 is 15.4 Å². The summed E-state index contributed by atoms with van der Waals surface area (Å²) in [6.45, 7) is 11.0. The fourth-order valence-corrected chi connectivity index (χ4v) is 2.53. The number of carbonyl (C=O) groups is 2. The van der Waals surface area contributed by atoms with E-state index in [0.29, 0.717) is 29.5 Å². The molecule has 0 saturated carbocycles. The smallest absolute Gasteiger partial charge is 0.262 e. The van der Waals surface area contributed by atoms with Gasteiger partial charge >= 0.3 is 0 Å². The molecule has 0 aliphatic carbocycles. The lowest BCUT2D eigenvalue weighted by Crippen LogP contribution is -2.27. The average Bonchev–Trinajstić information content (AvgIpc) is 2.64. The fraction of sp³-hybridized carbons (Fsp3) is 0.391. The number of nitrogens with one attached hydrogen (secondary N) is 2. The summed E-state index contributed by atoms with van der Waals surface area (Å²) in [7, 11) is 0. The van der Waals surface area contributed by atoms with Crippen LogP contribution >= 0.6 is 0 Å². The largest absolute Gasteiger partial charge is 0.484 e. The maximum Gasteiger partial charge on any atom is 0.262 e. The van der Waals surface area contributed by atoms with E-state index >= 15 is 0 Å². The third-order valence-corrected chi connectivity index (χ3v) is 4.17. The first-order chi connectivity index (χ1) is 13.1. The summed E-state index contributed by atoms with van der Waals surface area (Å²) in [5.41, 5.74) is 2.35. The van der Waals surface area contributed by atoms with Gasteiger partial charge in [-0.15, -0.1) is 0 Å². The minimum absolute atomic E-state index is 0.0718. The van der Waals surface area contributed by atoms with Crippen molar-refractivity contribution in [2.75, 3.05) is 18.5 Å². The lowest BCUT2D eigenvalue weighted by Gasteiger charge is -2.19. The number of anilines is 1. The van der Waals surface area contributed by atoms with E-state index in [0.717, 1.165) is 0 Å². The predicted octanol–water partition coefficient (Wildman–Crippen LogP) is 4.39. The molecule has 0 radical (unpaired) electrons. The summed E-state index contributed by atoms with van der Waals surface area (Å²) in [5, 5.41) is 5.63. The van der Waals surface area contributed by atoms with Crippen molar-refractivity contribution in [1.29, 1.82) is 0 Å². The van der Waals surface area contributed by atoms with E-state index in [2.05, 4.69) is 31.4 Å². The molecule has 0 aliphatic rings. The van der Waals surface area contributed by atoms with Crippen molar-refractivity contribution in [3.8, 4) is 5.75 Å². The molecule has 0 bridgehead atoms. The molecule has 150 valence electrons. The van der Waals surface area contributed by atoms with Gasteiger partial charge in [0, 0.05) is 17.8 Å². The highest BCUT2D eigenvalue weighted by molar-refractivity contribution is 5.97. The van der Waals surface area contributed by atoms with Crippen molar-refractivity contribution in [1.82, 2.24) is 5.32 Å². The molecule has 0 fully saturated rings. The molecule has 0 unspecified atom stereocenters. The first-order valence-corrected chi connectivity index (χ1v) is 9.56. The lowest BCUT2D eigenvalue weighted by atomic mass is 9.87. The highest BCUT2D eigenvalue weighted by Crippen LogP contribution is 2.24. The van der Waals surface area contributed by atoms with Gasteiger partial charge in [0.2, 0.25) is 0 Å². The van der Waals surface area contributed by atoms with Crippen LogP contribution in [-0.2, 0) is 10.2 Å². The van der Waals surface area contributed by atoms with Crippen LogP contribution in [0.1, 0.15) is 50.5 Å². The summed E-state index contributed by atoms with van der Waals surface area (Å²) in [6.07, 6.45) is 0. The Hall–Kier alpha value is -2.82. The molecule has 2 aromatic rings. The Morgan fingerprint density at radius 1 is 1.04 bits per heavy atom. The molecule has 0 aliphatic heterocycles. The van der Waals surface area contributed by atoms with E-state index in [1.807, 2.05) is 38.1 Å². The van der Waals surface area contributed by atoms with Gasteiger partial charge in [0.25, 0.3) is 11.8 Å². The van der Waals surface area contributed by atoms with Crippen LogP contribution in [0.4, 0.5) is 5.69 Å². The quantitative estimate of drug-likeness (QED) is 0.746. The van der Waals surface area contributed by atoms with Crippen LogP contribution in [0, 0.1) is 5.92 Å². The Morgan fingerprint density at radius 3 is 2.32 bits per heavy atom. The van der Waals surface area contributed by atoms with Crippen molar-refractivity contribution < 1.29 is 14.3 Å². The van der Waals surface area contributed by atoms with E-state index in [9.17, 15) is 9.59 Å². The molecule has 0 aromatic heterocycles. The molecular weight excluding hydrogens is 352 g/mol. The normalized spacial score (nSPS) is 11.2. The number of benzene rings is 2. The monoisotopic (exact) mass is 382 g/mol. The maximum atomic E-state index is 12.2. The lowest BCUT2D eigenvalue weighted by molar-refractivity contribution is -0.118. The van der Waals surface area contributed by atoms with Crippen LogP contribution in [0.15, 0.2) is 48.5 Å². The molecule has 0 saturated heterocycles. The van der Waals surface area contributed by atoms with Gasteiger partial charge in [0.05, 0.1) is 0 Å². The van der Waals surface area contributed by atoms with E-state index < -0.39 is 0 Å². The number of amides is 2. The second-order valence-electron chi connectivity index (χ2n) is 8.30. The Morgan fingerprint density at radius 2 is 1.71 bits per heavy atom. The first-order valence-electron chi connectivity index (χ1n) is 9.56. The minimum atomic E-state index is -0.278. The Bertz CT molecular complexity index is 805. The zero-order valence-electron chi connectivity index (χ0n) is 17.3.